The van der Waals surface area contributed by atoms with Gasteiger partial charge in [-0.05, 0) is 103 Å². The van der Waals surface area contributed by atoms with Gasteiger partial charge in [-0.15, -0.1) is 0 Å². The molecule has 2 heteroatoms. The van der Waals surface area contributed by atoms with E-state index in [1.807, 2.05) is 18.2 Å². The molecule has 1 atom stereocenters. The summed E-state index contributed by atoms with van der Waals surface area (Å²) < 4.78 is 6.30. The summed E-state index contributed by atoms with van der Waals surface area (Å²) in [5, 5.41) is 6.25. The molecule has 0 radical (unpaired) electrons. The highest BCUT2D eigenvalue weighted by atomic mass is 16.3. The Morgan fingerprint density at radius 3 is 2.40 bits per heavy atom. The lowest BCUT2D eigenvalue weighted by molar-refractivity contribution is 0.627. The van der Waals surface area contributed by atoms with Crippen molar-refractivity contribution in [3.05, 3.63) is 190 Å². The second kappa shape index (κ2) is 14.6. The molecule has 1 unspecified atom stereocenters. The molecule has 0 aliphatic heterocycles. The minimum atomic E-state index is -0.183. The predicted octanol–water partition coefficient (Wildman–Crippen LogP) is 13.1. The van der Waals surface area contributed by atoms with Crippen LogP contribution in [0.3, 0.4) is 0 Å². The number of aryl methyl sites for hydroxylation is 1. The molecule has 252 valence electrons. The van der Waals surface area contributed by atoms with Crippen LogP contribution < -0.4 is 5.32 Å². The van der Waals surface area contributed by atoms with Gasteiger partial charge in [-0.3, -0.25) is 0 Å². The molecule has 1 heterocycles. The number of furan rings is 1. The molecule has 1 aliphatic rings. The summed E-state index contributed by atoms with van der Waals surface area (Å²) in [7, 11) is 0. The van der Waals surface area contributed by atoms with Gasteiger partial charge in [-0.1, -0.05) is 142 Å². The minimum Gasteiger partial charge on any atom is -0.456 e. The summed E-state index contributed by atoms with van der Waals surface area (Å²) >= 11 is 0. The van der Waals surface area contributed by atoms with Crippen molar-refractivity contribution in [2.24, 2.45) is 0 Å². The number of para-hydroxylation sites is 1. The molecular weight excluding hydrogens is 607 g/mol. The van der Waals surface area contributed by atoms with Crippen molar-refractivity contribution in [2.45, 2.75) is 66.2 Å². The first-order valence-electron chi connectivity index (χ1n) is 17.8. The summed E-state index contributed by atoms with van der Waals surface area (Å²) in [5.41, 5.74) is 15.4. The van der Waals surface area contributed by atoms with Crippen molar-refractivity contribution in [2.75, 3.05) is 0 Å². The summed E-state index contributed by atoms with van der Waals surface area (Å²) in [6, 6.07) is 30.3. The molecule has 6 rings (SSSR count). The monoisotopic (exact) mass is 655 g/mol. The van der Waals surface area contributed by atoms with Crippen molar-refractivity contribution < 1.29 is 4.42 Å². The molecule has 1 aliphatic carbocycles. The zero-order valence-corrected chi connectivity index (χ0v) is 30.6. The fraction of sp³-hybridized carbons (Fsp3) is 0.208. The average molecular weight is 656 g/mol. The molecule has 4 aromatic carbocycles. The first-order valence-corrected chi connectivity index (χ1v) is 17.8. The maximum absolute atomic E-state index is 6.30. The van der Waals surface area contributed by atoms with Crippen LogP contribution in [0.25, 0.3) is 33.1 Å². The van der Waals surface area contributed by atoms with Crippen LogP contribution in [-0.4, -0.2) is 0 Å². The number of benzene rings is 4. The van der Waals surface area contributed by atoms with E-state index < -0.39 is 0 Å². The van der Waals surface area contributed by atoms with Crippen LogP contribution in [0.1, 0.15) is 80.8 Å². The van der Waals surface area contributed by atoms with E-state index in [1.54, 1.807) is 0 Å². The fourth-order valence-electron chi connectivity index (χ4n) is 7.68. The Labute approximate surface area is 298 Å². The lowest BCUT2D eigenvalue weighted by Crippen LogP contribution is -2.19. The van der Waals surface area contributed by atoms with Gasteiger partial charge in [-0.25, -0.2) is 0 Å². The highest BCUT2D eigenvalue weighted by Crippen LogP contribution is 2.54. The molecule has 0 saturated heterocycles. The van der Waals surface area contributed by atoms with Gasteiger partial charge in [0.2, 0.25) is 0 Å². The van der Waals surface area contributed by atoms with Gasteiger partial charge in [0.05, 0.1) is 0 Å². The van der Waals surface area contributed by atoms with Crippen LogP contribution in [0.2, 0.25) is 0 Å². The molecule has 0 saturated carbocycles. The smallest absolute Gasteiger partial charge is 0.135 e. The van der Waals surface area contributed by atoms with Crippen LogP contribution in [0.4, 0.5) is 0 Å². The number of fused-ring (bicyclic) bond motifs is 5. The molecule has 0 amide bonds. The minimum absolute atomic E-state index is 0.183. The van der Waals surface area contributed by atoms with E-state index >= 15 is 0 Å². The van der Waals surface area contributed by atoms with Gasteiger partial charge >= 0.3 is 0 Å². The predicted molar refractivity (Wildman–Crippen MR) is 216 cm³/mol. The largest absolute Gasteiger partial charge is 0.456 e. The summed E-state index contributed by atoms with van der Waals surface area (Å²) in [6.07, 6.45) is 18.0. The average Bonchev–Trinajstić information content (AvgIpc) is 3.59. The van der Waals surface area contributed by atoms with Gasteiger partial charge in [0.25, 0.3) is 0 Å². The molecule has 1 N–H and O–H groups in total. The first kappa shape index (κ1) is 34.5. The van der Waals surface area contributed by atoms with E-state index in [0.29, 0.717) is 0 Å². The lowest BCUT2D eigenvalue weighted by atomic mass is 9.79. The van der Waals surface area contributed by atoms with Crippen LogP contribution in [-0.2, 0) is 11.8 Å². The molecule has 0 fully saturated rings. The van der Waals surface area contributed by atoms with Crippen LogP contribution in [0.15, 0.2) is 162 Å². The standard InChI is InChI=1S/C48H49NO/c1-9-12-22-43(34(6)39-27-26-37(30-32(39)4)36(18-10-2)25-24-35-19-14-13-15-20-35)49-38(11-3)31-42-33(5)40-28-29-45-46(47(40)48(42,7)8)41-21-16-17-23-44(41)50-45/h9-23,25-31,33,49H,1,24H2,2-8H3/b18-10-,22-12-,36-25+,38-11+,42-31+,43-34-. The Kier molecular flexibility index (Phi) is 10.1. The summed E-state index contributed by atoms with van der Waals surface area (Å²) in [6.45, 7) is 19.6. The Hall–Kier alpha value is -5.34. The number of hydrogen-bond donors (Lipinski definition) is 1. The molecule has 0 spiro atoms. The van der Waals surface area contributed by atoms with E-state index in [-0.39, 0.29) is 11.3 Å². The molecule has 0 bridgehead atoms. The topological polar surface area (TPSA) is 25.2 Å². The van der Waals surface area contributed by atoms with Gasteiger partial charge in [0.1, 0.15) is 11.2 Å². The lowest BCUT2D eigenvalue weighted by Gasteiger charge is -2.25. The van der Waals surface area contributed by atoms with E-state index in [4.69, 9.17) is 4.42 Å². The fourth-order valence-corrected chi connectivity index (χ4v) is 7.68. The number of allylic oxidation sites excluding steroid dienone is 11. The Morgan fingerprint density at radius 2 is 1.68 bits per heavy atom. The number of hydrogen-bond acceptors (Lipinski definition) is 2. The summed E-state index contributed by atoms with van der Waals surface area (Å²) in [4.78, 5) is 0. The van der Waals surface area contributed by atoms with Crippen molar-refractivity contribution in [1.29, 1.82) is 0 Å². The van der Waals surface area contributed by atoms with Crippen LogP contribution in [0.5, 0.6) is 0 Å². The van der Waals surface area contributed by atoms with Crippen LogP contribution >= 0.6 is 0 Å². The number of rotatable bonds is 10. The SMILES string of the molecule is C=C/C=C\C(NC(=C/C)/C=C1\C(C)c2ccc3oc4ccccc4c3c2C1(C)C)=C(/C)c1ccc(C(/C=C\C)=C/Cc2ccccc2)cc1C. The van der Waals surface area contributed by atoms with Crippen molar-refractivity contribution >= 4 is 33.1 Å². The molecule has 1 aromatic heterocycles. The highest BCUT2D eigenvalue weighted by Gasteiger charge is 2.41. The molecule has 50 heavy (non-hydrogen) atoms. The third-order valence-corrected chi connectivity index (χ3v) is 10.3. The molecule has 2 nitrogen and oxygen atoms in total. The molecular formula is C48H49NO. The van der Waals surface area contributed by atoms with Crippen molar-refractivity contribution in [1.82, 2.24) is 5.32 Å². The third-order valence-electron chi connectivity index (χ3n) is 10.3. The maximum Gasteiger partial charge on any atom is 0.135 e. The van der Waals surface area contributed by atoms with Gasteiger partial charge in [0.15, 0.2) is 0 Å². The second-order valence-electron chi connectivity index (χ2n) is 13.8. The first-order chi connectivity index (χ1) is 24.2. The van der Waals surface area contributed by atoms with E-state index in [0.717, 1.165) is 29.0 Å². The quantitative estimate of drug-likeness (QED) is 0.151. The maximum atomic E-state index is 6.30. The third kappa shape index (κ3) is 6.63. The summed E-state index contributed by atoms with van der Waals surface area (Å²) in [5.74, 6) is 0.267. The Balaban J connectivity index is 1.34. The van der Waals surface area contributed by atoms with Crippen molar-refractivity contribution in [3.8, 4) is 0 Å². The zero-order valence-electron chi connectivity index (χ0n) is 30.6. The molecule has 5 aromatic rings. The van der Waals surface area contributed by atoms with E-state index in [9.17, 15) is 0 Å². The second-order valence-corrected chi connectivity index (χ2v) is 13.8. The number of nitrogens with one attached hydrogen (secondary N) is 1. The Bertz CT molecular complexity index is 2240. The van der Waals surface area contributed by atoms with Gasteiger partial charge in [0, 0.05) is 33.5 Å². The highest BCUT2D eigenvalue weighted by molar-refractivity contribution is 6.08. The van der Waals surface area contributed by atoms with Crippen LogP contribution in [0, 0.1) is 6.92 Å². The van der Waals surface area contributed by atoms with E-state index in [1.165, 1.54) is 60.9 Å². The van der Waals surface area contributed by atoms with Gasteiger partial charge in [-0.2, -0.15) is 0 Å². The Morgan fingerprint density at radius 1 is 0.920 bits per heavy atom. The van der Waals surface area contributed by atoms with Gasteiger partial charge < -0.3 is 9.73 Å². The van der Waals surface area contributed by atoms with Crippen molar-refractivity contribution in [3.63, 3.8) is 0 Å². The zero-order chi connectivity index (χ0) is 35.4. The van der Waals surface area contributed by atoms with E-state index in [2.05, 4.69) is 176 Å². The normalized spacial score (nSPS) is 17.7.